The molecule has 4 rings (SSSR count). The fraction of sp³-hybridized carbons (Fsp3) is 0.440. The number of amides is 1. The second kappa shape index (κ2) is 9.72. The van der Waals surface area contributed by atoms with Gasteiger partial charge in [0.2, 0.25) is 15.9 Å². The number of halogens is 1. The molecule has 2 fully saturated rings. The normalized spacial score (nSPS) is 23.8. The topological polar surface area (TPSA) is 84.7 Å². The first-order valence-electron chi connectivity index (χ1n) is 11.5. The number of hydrogen-bond donors (Lipinski definition) is 0. The van der Waals surface area contributed by atoms with Crippen LogP contribution >= 0.6 is 0 Å². The lowest BCUT2D eigenvalue weighted by Crippen LogP contribution is -2.54. The summed E-state index contributed by atoms with van der Waals surface area (Å²) in [6.45, 7) is 4.69. The van der Waals surface area contributed by atoms with Crippen molar-refractivity contribution in [3.8, 4) is 6.07 Å². The van der Waals surface area contributed by atoms with E-state index >= 15 is 4.39 Å². The number of benzene rings is 2. The first-order valence-corrected chi connectivity index (χ1v) is 13.0. The van der Waals surface area contributed by atoms with Crippen LogP contribution in [0.4, 0.5) is 10.1 Å². The number of nitrogens with zero attached hydrogens (tertiary/aromatic N) is 4. The Hall–Kier alpha value is -2.96. The molecule has 1 amide bonds. The molecular weight excluding hydrogens is 455 g/mol. The van der Waals surface area contributed by atoms with Crippen molar-refractivity contribution in [2.75, 3.05) is 31.1 Å². The third-order valence-corrected chi connectivity index (χ3v) is 9.25. The number of carbonyl (C=O) groups is 1. The van der Waals surface area contributed by atoms with Crippen molar-refractivity contribution < 1.29 is 17.6 Å². The van der Waals surface area contributed by atoms with Gasteiger partial charge in [-0.2, -0.15) is 9.57 Å². The molecule has 2 aliphatic rings. The summed E-state index contributed by atoms with van der Waals surface area (Å²) < 4.78 is 43.6. The highest BCUT2D eigenvalue weighted by atomic mass is 32.2. The van der Waals surface area contributed by atoms with Crippen LogP contribution in [0.1, 0.15) is 49.1 Å². The van der Waals surface area contributed by atoms with Crippen LogP contribution < -0.4 is 4.90 Å². The fourth-order valence-corrected chi connectivity index (χ4v) is 7.23. The maximum atomic E-state index is 15.3. The molecule has 0 saturated carbocycles. The van der Waals surface area contributed by atoms with Crippen molar-refractivity contribution >= 4 is 21.6 Å². The van der Waals surface area contributed by atoms with Gasteiger partial charge in [-0.1, -0.05) is 36.4 Å². The van der Waals surface area contributed by atoms with Crippen LogP contribution in [0.15, 0.2) is 48.5 Å². The van der Waals surface area contributed by atoms with Crippen LogP contribution in [0.2, 0.25) is 0 Å². The molecule has 2 aromatic carbocycles. The lowest BCUT2D eigenvalue weighted by molar-refractivity contribution is -0.130. The minimum atomic E-state index is -3.65. The van der Waals surface area contributed by atoms with Crippen molar-refractivity contribution in [3.05, 3.63) is 65.5 Å². The summed E-state index contributed by atoms with van der Waals surface area (Å²) in [5.74, 6) is -0.636. The van der Waals surface area contributed by atoms with Gasteiger partial charge >= 0.3 is 0 Å². The van der Waals surface area contributed by atoms with Crippen LogP contribution in [-0.2, 0) is 14.8 Å². The van der Waals surface area contributed by atoms with Gasteiger partial charge in [-0.3, -0.25) is 4.79 Å². The summed E-state index contributed by atoms with van der Waals surface area (Å²) in [5.41, 5.74) is 1.69. The highest BCUT2D eigenvalue weighted by Crippen LogP contribution is 2.39. The molecule has 0 radical (unpaired) electrons. The first-order chi connectivity index (χ1) is 16.2. The van der Waals surface area contributed by atoms with E-state index in [2.05, 4.69) is 6.07 Å². The summed E-state index contributed by atoms with van der Waals surface area (Å²) in [6, 6.07) is 14.9. The summed E-state index contributed by atoms with van der Waals surface area (Å²) in [5, 5.41) is 8.80. The highest BCUT2D eigenvalue weighted by Gasteiger charge is 2.40. The van der Waals surface area contributed by atoms with E-state index in [4.69, 9.17) is 0 Å². The van der Waals surface area contributed by atoms with E-state index in [-0.39, 0.29) is 5.91 Å². The average molecular weight is 485 g/mol. The van der Waals surface area contributed by atoms with Gasteiger partial charge in [0, 0.05) is 43.9 Å². The lowest BCUT2D eigenvalue weighted by atomic mass is 10.0. The van der Waals surface area contributed by atoms with Crippen LogP contribution in [0.5, 0.6) is 0 Å². The molecule has 0 aromatic heterocycles. The van der Waals surface area contributed by atoms with E-state index in [1.807, 2.05) is 35.2 Å². The van der Waals surface area contributed by atoms with Crippen molar-refractivity contribution in [1.29, 1.82) is 5.26 Å². The Morgan fingerprint density at radius 3 is 2.53 bits per heavy atom. The van der Waals surface area contributed by atoms with Gasteiger partial charge in [0.1, 0.15) is 17.1 Å². The molecule has 2 saturated heterocycles. The van der Waals surface area contributed by atoms with Gasteiger partial charge in [0.25, 0.3) is 0 Å². The first kappa shape index (κ1) is 24.2. The fourth-order valence-electron chi connectivity index (χ4n) is 5.00. The minimum absolute atomic E-state index is 0.155. The molecule has 0 bridgehead atoms. The summed E-state index contributed by atoms with van der Waals surface area (Å²) in [4.78, 5) is 15.1. The Morgan fingerprint density at radius 1 is 1.15 bits per heavy atom. The minimum Gasteiger partial charge on any atom is -0.367 e. The van der Waals surface area contributed by atoms with E-state index in [1.54, 1.807) is 19.1 Å². The van der Waals surface area contributed by atoms with E-state index in [9.17, 15) is 18.5 Å². The molecular formula is C25H29FN4O3S. The van der Waals surface area contributed by atoms with E-state index in [1.165, 1.54) is 22.2 Å². The standard InChI is InChI=1S/C25H29FN4O3S/c1-18(30-12-6-9-25(34(30,32)33)20-7-4-3-5-8-20)23-11-10-21(15-24(23)26)28-13-14-29(19(2)31)22(16-27)17-28/h3-5,7-8,10-11,15,18,22,25H,6,9,12-14,17H2,1-2H3/t18?,22-,25?/m0/s1. The smallest absolute Gasteiger partial charge is 0.221 e. The molecule has 2 aliphatic heterocycles. The highest BCUT2D eigenvalue weighted by molar-refractivity contribution is 7.89. The SMILES string of the molecule is CC(=O)N1CCN(c2ccc(C(C)N3CCCC(c4ccccc4)S3(=O)=O)c(F)c2)C[C@@H]1C#N. The Labute approximate surface area is 200 Å². The Balaban J connectivity index is 1.55. The number of hydrogen-bond acceptors (Lipinski definition) is 5. The van der Waals surface area contributed by atoms with E-state index in [0.717, 1.165) is 5.56 Å². The molecule has 2 aromatic rings. The molecule has 0 aliphatic carbocycles. The molecule has 7 nitrogen and oxygen atoms in total. The van der Waals surface area contributed by atoms with Gasteiger partial charge in [0.15, 0.2) is 0 Å². The quantitative estimate of drug-likeness (QED) is 0.662. The zero-order valence-electron chi connectivity index (χ0n) is 19.4. The predicted octanol–water partition coefficient (Wildman–Crippen LogP) is 3.61. The number of nitriles is 1. The van der Waals surface area contributed by atoms with Crippen LogP contribution in [0, 0.1) is 17.1 Å². The average Bonchev–Trinajstić information content (AvgIpc) is 2.83. The third kappa shape index (κ3) is 4.52. The lowest BCUT2D eigenvalue weighted by Gasteiger charge is -2.39. The largest absolute Gasteiger partial charge is 0.367 e. The Morgan fingerprint density at radius 2 is 1.88 bits per heavy atom. The zero-order valence-corrected chi connectivity index (χ0v) is 20.2. The van der Waals surface area contributed by atoms with E-state index in [0.29, 0.717) is 50.3 Å². The molecule has 2 heterocycles. The zero-order chi connectivity index (χ0) is 24.5. The van der Waals surface area contributed by atoms with Crippen LogP contribution in [0.3, 0.4) is 0 Å². The molecule has 180 valence electrons. The van der Waals surface area contributed by atoms with Gasteiger partial charge in [-0.05, 0) is 37.5 Å². The third-order valence-electron chi connectivity index (χ3n) is 6.87. The van der Waals surface area contributed by atoms with Crippen LogP contribution in [0.25, 0.3) is 0 Å². The van der Waals surface area contributed by atoms with Crippen molar-refractivity contribution in [3.63, 3.8) is 0 Å². The number of piperazine rings is 1. The summed E-state index contributed by atoms with van der Waals surface area (Å²) in [7, 11) is -3.65. The van der Waals surface area contributed by atoms with Crippen LogP contribution in [-0.4, -0.2) is 55.8 Å². The van der Waals surface area contributed by atoms with Gasteiger partial charge < -0.3 is 9.80 Å². The maximum Gasteiger partial charge on any atom is 0.221 e. The Kier molecular flexibility index (Phi) is 6.91. The molecule has 3 atom stereocenters. The molecule has 9 heteroatoms. The second-order valence-electron chi connectivity index (χ2n) is 8.88. The summed E-state index contributed by atoms with van der Waals surface area (Å²) in [6.07, 6.45) is 1.25. The predicted molar refractivity (Wildman–Crippen MR) is 128 cm³/mol. The monoisotopic (exact) mass is 484 g/mol. The van der Waals surface area contributed by atoms with E-state index < -0.39 is 33.2 Å². The van der Waals surface area contributed by atoms with Crippen molar-refractivity contribution in [2.45, 2.75) is 44.0 Å². The van der Waals surface area contributed by atoms with Crippen molar-refractivity contribution in [1.82, 2.24) is 9.21 Å². The maximum absolute atomic E-state index is 15.3. The van der Waals surface area contributed by atoms with Gasteiger partial charge in [-0.25, -0.2) is 12.8 Å². The van der Waals surface area contributed by atoms with Gasteiger partial charge in [0.05, 0.1) is 12.6 Å². The molecule has 34 heavy (non-hydrogen) atoms. The number of rotatable bonds is 4. The summed E-state index contributed by atoms with van der Waals surface area (Å²) >= 11 is 0. The molecule has 2 unspecified atom stereocenters. The second-order valence-corrected chi connectivity index (χ2v) is 11.0. The number of carbonyl (C=O) groups excluding carboxylic acids is 1. The van der Waals surface area contributed by atoms with Crippen molar-refractivity contribution in [2.24, 2.45) is 0 Å². The number of sulfonamides is 1. The number of anilines is 1. The van der Waals surface area contributed by atoms with Gasteiger partial charge in [-0.15, -0.1) is 0 Å². The Bertz CT molecular complexity index is 1200. The molecule has 0 N–H and O–H groups in total. The molecule has 0 spiro atoms.